The van der Waals surface area contributed by atoms with Crippen LogP contribution in [0.4, 0.5) is 0 Å². The highest BCUT2D eigenvalue weighted by Gasteiger charge is 2.33. The molecule has 4 heteroatoms. The summed E-state index contributed by atoms with van der Waals surface area (Å²) in [4.78, 5) is 2.38. The van der Waals surface area contributed by atoms with Gasteiger partial charge in [-0.15, -0.1) is 0 Å². The van der Waals surface area contributed by atoms with Crippen molar-refractivity contribution in [3.8, 4) is 0 Å². The molecule has 0 aromatic rings. The lowest BCUT2D eigenvalue weighted by Gasteiger charge is -2.24. The highest BCUT2D eigenvalue weighted by atomic mass is 35.5. The van der Waals surface area contributed by atoms with Crippen LogP contribution >= 0.6 is 23.2 Å². The summed E-state index contributed by atoms with van der Waals surface area (Å²) in [7, 11) is 0. The van der Waals surface area contributed by atoms with Crippen molar-refractivity contribution in [2.45, 2.75) is 18.9 Å². The molecule has 2 fully saturated rings. The van der Waals surface area contributed by atoms with Crippen LogP contribution in [-0.2, 0) is 0 Å². The van der Waals surface area contributed by atoms with Gasteiger partial charge in [0.2, 0.25) is 0 Å². The maximum Gasteiger partial charge on any atom is 0.0434 e. The molecule has 2 nitrogen and oxygen atoms in total. The summed E-state index contributed by atoms with van der Waals surface area (Å²) < 4.78 is 0. The number of piperidine rings is 1. The second-order valence-corrected chi connectivity index (χ2v) is 4.92. The summed E-state index contributed by atoms with van der Waals surface area (Å²) in [6, 6.07) is 0.684. The van der Waals surface area contributed by atoms with E-state index in [1.54, 1.807) is 0 Å². The van der Waals surface area contributed by atoms with Gasteiger partial charge in [-0.3, -0.25) is 4.90 Å². The number of rotatable bonds is 2. The van der Waals surface area contributed by atoms with Gasteiger partial charge in [0, 0.05) is 36.2 Å². The Labute approximate surface area is 95.2 Å². The van der Waals surface area contributed by atoms with Gasteiger partial charge in [0.25, 0.3) is 0 Å². The Morgan fingerprint density at radius 3 is 3.07 bits per heavy atom. The Hall–Kier alpha value is 0.240. The first-order chi connectivity index (χ1) is 6.79. The monoisotopic (exact) mass is 234 g/mol. The van der Waals surface area contributed by atoms with E-state index in [4.69, 9.17) is 23.2 Å². The molecule has 14 heavy (non-hydrogen) atoms. The van der Waals surface area contributed by atoms with Crippen LogP contribution < -0.4 is 5.32 Å². The lowest BCUT2D eigenvalue weighted by molar-refractivity contribution is 0.335. The van der Waals surface area contributed by atoms with Crippen LogP contribution in [0, 0.1) is 5.92 Å². The van der Waals surface area contributed by atoms with Crippen molar-refractivity contribution < 1.29 is 0 Å². The van der Waals surface area contributed by atoms with E-state index in [9.17, 15) is 0 Å². The SMILES string of the molecule is Cl/C=C(/Cl)CN1C[C@@H]2CCCN[C@@H]2C1. The van der Waals surface area contributed by atoms with Gasteiger partial charge in [0.05, 0.1) is 0 Å². The topological polar surface area (TPSA) is 15.3 Å². The maximum atomic E-state index is 5.91. The van der Waals surface area contributed by atoms with Crippen molar-refractivity contribution in [3.63, 3.8) is 0 Å². The van der Waals surface area contributed by atoms with Crippen LogP contribution in [0.1, 0.15) is 12.8 Å². The average molecular weight is 235 g/mol. The van der Waals surface area contributed by atoms with Crippen molar-refractivity contribution in [1.82, 2.24) is 10.2 Å². The molecule has 0 bridgehead atoms. The molecule has 0 spiro atoms. The Morgan fingerprint density at radius 2 is 2.36 bits per heavy atom. The fraction of sp³-hybridized carbons (Fsp3) is 0.800. The van der Waals surface area contributed by atoms with E-state index in [1.807, 2.05) is 0 Å². The minimum absolute atomic E-state index is 0.684. The van der Waals surface area contributed by atoms with Gasteiger partial charge in [-0.05, 0) is 25.3 Å². The van der Waals surface area contributed by atoms with Crippen LogP contribution in [0.3, 0.4) is 0 Å². The molecule has 1 N–H and O–H groups in total. The quantitative estimate of drug-likeness (QED) is 0.787. The molecule has 0 amide bonds. The number of hydrogen-bond donors (Lipinski definition) is 1. The van der Waals surface area contributed by atoms with Crippen molar-refractivity contribution in [1.29, 1.82) is 0 Å². The fourth-order valence-electron chi connectivity index (χ4n) is 2.51. The zero-order valence-electron chi connectivity index (χ0n) is 8.18. The van der Waals surface area contributed by atoms with Gasteiger partial charge in [-0.25, -0.2) is 0 Å². The average Bonchev–Trinajstić information content (AvgIpc) is 2.59. The normalized spacial score (nSPS) is 34.6. The molecule has 2 rings (SSSR count). The molecule has 2 atom stereocenters. The predicted octanol–water partition coefficient (Wildman–Crippen LogP) is 1.99. The van der Waals surface area contributed by atoms with E-state index in [0.29, 0.717) is 6.04 Å². The molecule has 0 unspecified atom stereocenters. The molecule has 0 aromatic heterocycles. The number of fused-ring (bicyclic) bond motifs is 1. The molecular weight excluding hydrogens is 219 g/mol. The number of likely N-dealkylation sites (tertiary alicyclic amines) is 1. The standard InChI is InChI=1S/C10H16Cl2N2/c11-4-9(12)6-14-5-8-2-1-3-13-10(8)7-14/h4,8,10,13H,1-3,5-7H2/b9-4+/t8-,10+/m0/s1. The first-order valence-electron chi connectivity index (χ1n) is 5.20. The minimum Gasteiger partial charge on any atom is -0.312 e. The lowest BCUT2D eigenvalue weighted by Crippen LogP contribution is -2.40. The van der Waals surface area contributed by atoms with E-state index in [-0.39, 0.29) is 0 Å². The van der Waals surface area contributed by atoms with Crippen LogP contribution in [0.15, 0.2) is 10.6 Å². The molecular formula is C10H16Cl2N2. The number of nitrogens with one attached hydrogen (secondary N) is 1. The van der Waals surface area contributed by atoms with Gasteiger partial charge in [0.1, 0.15) is 0 Å². The minimum atomic E-state index is 0.684. The van der Waals surface area contributed by atoms with Gasteiger partial charge >= 0.3 is 0 Å². The Balaban J connectivity index is 1.86. The molecule has 2 aliphatic rings. The Kier molecular flexibility index (Phi) is 3.72. The summed E-state index contributed by atoms with van der Waals surface area (Å²) in [6.45, 7) is 4.26. The highest BCUT2D eigenvalue weighted by molar-refractivity contribution is 6.36. The maximum absolute atomic E-state index is 5.91. The second-order valence-electron chi connectivity index (χ2n) is 4.21. The van der Waals surface area contributed by atoms with E-state index >= 15 is 0 Å². The van der Waals surface area contributed by atoms with Crippen LogP contribution in [-0.4, -0.2) is 37.1 Å². The number of hydrogen-bond acceptors (Lipinski definition) is 2. The molecule has 0 aromatic carbocycles. The van der Waals surface area contributed by atoms with Gasteiger partial charge in [-0.1, -0.05) is 23.2 Å². The number of halogens is 2. The summed E-state index contributed by atoms with van der Waals surface area (Å²) in [5, 5.41) is 4.31. The third-order valence-corrected chi connectivity index (χ3v) is 3.77. The van der Waals surface area contributed by atoms with E-state index < -0.39 is 0 Å². The number of nitrogens with zero attached hydrogens (tertiary/aromatic N) is 1. The van der Waals surface area contributed by atoms with Gasteiger partial charge in [-0.2, -0.15) is 0 Å². The Morgan fingerprint density at radius 1 is 1.50 bits per heavy atom. The summed E-state index contributed by atoms with van der Waals surface area (Å²) in [5.41, 5.74) is 1.47. The molecule has 0 aliphatic carbocycles. The molecule has 2 saturated heterocycles. The van der Waals surface area contributed by atoms with E-state index in [0.717, 1.165) is 24.0 Å². The molecule has 0 saturated carbocycles. The fourth-order valence-corrected chi connectivity index (χ4v) is 2.75. The van der Waals surface area contributed by atoms with Crippen molar-refractivity contribution in [2.24, 2.45) is 5.92 Å². The van der Waals surface area contributed by atoms with Gasteiger partial charge < -0.3 is 5.32 Å². The van der Waals surface area contributed by atoms with Crippen molar-refractivity contribution >= 4 is 23.2 Å². The zero-order chi connectivity index (χ0) is 9.97. The van der Waals surface area contributed by atoms with Crippen molar-refractivity contribution in [3.05, 3.63) is 10.6 Å². The lowest BCUT2D eigenvalue weighted by atomic mass is 9.94. The third-order valence-electron chi connectivity index (χ3n) is 3.17. The smallest absolute Gasteiger partial charge is 0.0434 e. The molecule has 2 aliphatic heterocycles. The van der Waals surface area contributed by atoms with Crippen LogP contribution in [0.2, 0.25) is 0 Å². The summed E-state index contributed by atoms with van der Waals surface area (Å²) in [6.07, 6.45) is 2.67. The van der Waals surface area contributed by atoms with E-state index in [1.165, 1.54) is 31.5 Å². The predicted molar refractivity (Wildman–Crippen MR) is 60.7 cm³/mol. The highest BCUT2D eigenvalue weighted by Crippen LogP contribution is 2.25. The van der Waals surface area contributed by atoms with Crippen LogP contribution in [0.25, 0.3) is 0 Å². The summed E-state index contributed by atoms with van der Waals surface area (Å²) >= 11 is 11.5. The second kappa shape index (κ2) is 4.84. The van der Waals surface area contributed by atoms with Gasteiger partial charge in [0.15, 0.2) is 0 Å². The third kappa shape index (κ3) is 2.43. The van der Waals surface area contributed by atoms with Crippen LogP contribution in [0.5, 0.6) is 0 Å². The van der Waals surface area contributed by atoms with Crippen molar-refractivity contribution in [2.75, 3.05) is 26.2 Å². The molecule has 0 radical (unpaired) electrons. The molecule has 80 valence electrons. The first kappa shape index (κ1) is 10.7. The Bertz CT molecular complexity index is 216. The molecule has 2 heterocycles. The first-order valence-corrected chi connectivity index (χ1v) is 6.01. The largest absolute Gasteiger partial charge is 0.312 e. The van der Waals surface area contributed by atoms with E-state index in [2.05, 4.69) is 10.2 Å². The zero-order valence-corrected chi connectivity index (χ0v) is 9.69. The summed E-state index contributed by atoms with van der Waals surface area (Å²) in [5.74, 6) is 0.823.